The first-order valence-electron chi connectivity index (χ1n) is 7.55. The Morgan fingerprint density at radius 2 is 1.95 bits per heavy atom. The maximum absolute atomic E-state index is 12.4. The summed E-state index contributed by atoms with van der Waals surface area (Å²) in [5.41, 5.74) is 4.30. The fourth-order valence-electron chi connectivity index (χ4n) is 2.78. The van der Waals surface area contributed by atoms with E-state index in [0.29, 0.717) is 18.8 Å². The Hall–Kier alpha value is -2.29. The molecular weight excluding hydrogens is 276 g/mol. The summed E-state index contributed by atoms with van der Waals surface area (Å²) >= 11 is 0. The topological polar surface area (TPSA) is 35.5 Å². The number of carbonyl (C=O) groups is 1. The Morgan fingerprint density at radius 1 is 1.18 bits per heavy atom. The van der Waals surface area contributed by atoms with Crippen LogP contribution in [0.25, 0.3) is 0 Å². The Kier molecular flexibility index (Phi) is 3.88. The lowest BCUT2D eigenvalue weighted by molar-refractivity contribution is -0.140. The average Bonchev–Trinajstić information content (AvgIpc) is 2.51. The van der Waals surface area contributed by atoms with Crippen LogP contribution in [0.1, 0.15) is 22.3 Å². The minimum absolute atomic E-state index is 0.220. The highest BCUT2D eigenvalue weighted by molar-refractivity contribution is 5.76. The van der Waals surface area contributed by atoms with E-state index in [1.54, 1.807) is 0 Å². The van der Waals surface area contributed by atoms with Crippen LogP contribution in [0.5, 0.6) is 11.5 Å². The van der Waals surface area contributed by atoms with E-state index in [1.165, 1.54) is 0 Å². The SMILES string of the molecule is Cc1cc(C)c(C)c(OC(=O)C2COc3ccccc3C2)c1. The van der Waals surface area contributed by atoms with Crippen LogP contribution in [0.2, 0.25) is 0 Å². The second kappa shape index (κ2) is 5.84. The summed E-state index contributed by atoms with van der Waals surface area (Å²) in [5, 5.41) is 0. The van der Waals surface area contributed by atoms with E-state index in [0.717, 1.165) is 28.0 Å². The number of hydrogen-bond donors (Lipinski definition) is 0. The molecule has 0 aromatic heterocycles. The number of carbonyl (C=O) groups excluding carboxylic acids is 1. The molecule has 22 heavy (non-hydrogen) atoms. The molecule has 2 aromatic carbocycles. The third-order valence-electron chi connectivity index (χ3n) is 4.19. The fraction of sp³-hybridized carbons (Fsp3) is 0.316. The number of hydrogen-bond acceptors (Lipinski definition) is 3. The third kappa shape index (κ3) is 2.84. The summed E-state index contributed by atoms with van der Waals surface area (Å²) in [7, 11) is 0. The maximum Gasteiger partial charge on any atom is 0.318 e. The molecule has 1 aliphatic heterocycles. The lowest BCUT2D eigenvalue weighted by Gasteiger charge is -2.24. The zero-order valence-corrected chi connectivity index (χ0v) is 13.2. The molecule has 1 atom stereocenters. The number of esters is 1. The molecule has 0 N–H and O–H groups in total. The van der Waals surface area contributed by atoms with Gasteiger partial charge in [-0.25, -0.2) is 0 Å². The van der Waals surface area contributed by atoms with Gasteiger partial charge in [-0.2, -0.15) is 0 Å². The predicted octanol–water partition coefficient (Wildman–Crippen LogP) is 3.77. The van der Waals surface area contributed by atoms with Crippen molar-refractivity contribution in [3.63, 3.8) is 0 Å². The van der Waals surface area contributed by atoms with Gasteiger partial charge in [-0.1, -0.05) is 24.3 Å². The van der Waals surface area contributed by atoms with Crippen molar-refractivity contribution >= 4 is 5.97 Å². The summed E-state index contributed by atoms with van der Waals surface area (Å²) in [6, 6.07) is 11.8. The van der Waals surface area contributed by atoms with Gasteiger partial charge in [-0.3, -0.25) is 4.79 Å². The van der Waals surface area contributed by atoms with Gasteiger partial charge in [0.15, 0.2) is 0 Å². The van der Waals surface area contributed by atoms with Gasteiger partial charge in [-0.05, 0) is 61.6 Å². The second-order valence-electron chi connectivity index (χ2n) is 5.95. The molecule has 0 saturated heterocycles. The van der Waals surface area contributed by atoms with Gasteiger partial charge in [0.25, 0.3) is 0 Å². The summed E-state index contributed by atoms with van der Waals surface area (Å²) in [6.07, 6.45) is 0.666. The van der Waals surface area contributed by atoms with Gasteiger partial charge in [0.1, 0.15) is 18.1 Å². The van der Waals surface area contributed by atoms with Crippen molar-refractivity contribution < 1.29 is 14.3 Å². The quantitative estimate of drug-likeness (QED) is 0.625. The molecule has 1 aliphatic rings. The number of aryl methyl sites for hydroxylation is 2. The normalized spacial score (nSPS) is 16.6. The van der Waals surface area contributed by atoms with E-state index in [1.807, 2.05) is 51.1 Å². The van der Waals surface area contributed by atoms with Crippen molar-refractivity contribution in [2.24, 2.45) is 5.92 Å². The van der Waals surface area contributed by atoms with Crippen molar-refractivity contribution in [1.29, 1.82) is 0 Å². The summed E-state index contributed by atoms with van der Waals surface area (Å²) in [5.74, 6) is 1.05. The van der Waals surface area contributed by atoms with Gasteiger partial charge in [0.2, 0.25) is 0 Å². The van der Waals surface area contributed by atoms with Crippen LogP contribution < -0.4 is 9.47 Å². The van der Waals surface area contributed by atoms with Crippen molar-refractivity contribution in [2.75, 3.05) is 6.61 Å². The molecule has 3 rings (SSSR count). The number of rotatable bonds is 2. The number of benzene rings is 2. The van der Waals surface area contributed by atoms with Crippen molar-refractivity contribution in [2.45, 2.75) is 27.2 Å². The number of para-hydroxylation sites is 1. The minimum Gasteiger partial charge on any atom is -0.492 e. The molecule has 0 fully saturated rings. The molecule has 0 aliphatic carbocycles. The van der Waals surface area contributed by atoms with Gasteiger partial charge >= 0.3 is 5.97 Å². The molecule has 0 saturated carbocycles. The van der Waals surface area contributed by atoms with Crippen LogP contribution in [-0.4, -0.2) is 12.6 Å². The summed E-state index contributed by atoms with van der Waals surface area (Å²) < 4.78 is 11.3. The van der Waals surface area contributed by atoms with Crippen molar-refractivity contribution in [1.82, 2.24) is 0 Å². The van der Waals surface area contributed by atoms with Crippen LogP contribution in [-0.2, 0) is 11.2 Å². The Labute approximate surface area is 130 Å². The molecule has 2 aromatic rings. The zero-order chi connectivity index (χ0) is 15.7. The summed E-state index contributed by atoms with van der Waals surface area (Å²) in [4.78, 5) is 12.4. The Balaban J connectivity index is 1.76. The third-order valence-corrected chi connectivity index (χ3v) is 4.19. The van der Waals surface area contributed by atoms with Crippen LogP contribution >= 0.6 is 0 Å². The highest BCUT2D eigenvalue weighted by Gasteiger charge is 2.27. The highest BCUT2D eigenvalue weighted by Crippen LogP contribution is 2.29. The Morgan fingerprint density at radius 3 is 2.77 bits per heavy atom. The average molecular weight is 296 g/mol. The lowest BCUT2D eigenvalue weighted by atomic mass is 9.97. The first kappa shape index (κ1) is 14.6. The number of fused-ring (bicyclic) bond motifs is 1. The molecule has 1 heterocycles. The molecule has 3 nitrogen and oxygen atoms in total. The monoisotopic (exact) mass is 296 g/mol. The predicted molar refractivity (Wildman–Crippen MR) is 85.4 cm³/mol. The lowest BCUT2D eigenvalue weighted by Crippen LogP contribution is -2.31. The van der Waals surface area contributed by atoms with E-state index in [2.05, 4.69) is 6.07 Å². The molecule has 0 radical (unpaired) electrons. The van der Waals surface area contributed by atoms with Gasteiger partial charge in [0, 0.05) is 0 Å². The first-order valence-corrected chi connectivity index (χ1v) is 7.55. The smallest absolute Gasteiger partial charge is 0.318 e. The molecule has 0 spiro atoms. The summed E-state index contributed by atoms with van der Waals surface area (Å²) in [6.45, 7) is 6.38. The van der Waals surface area contributed by atoms with Crippen LogP contribution in [0.3, 0.4) is 0 Å². The number of ether oxygens (including phenoxy) is 2. The molecule has 3 heteroatoms. The molecular formula is C19H20O3. The van der Waals surface area contributed by atoms with Crippen LogP contribution in [0.4, 0.5) is 0 Å². The van der Waals surface area contributed by atoms with Crippen molar-refractivity contribution in [3.8, 4) is 11.5 Å². The zero-order valence-electron chi connectivity index (χ0n) is 13.2. The maximum atomic E-state index is 12.4. The second-order valence-corrected chi connectivity index (χ2v) is 5.95. The fourth-order valence-corrected chi connectivity index (χ4v) is 2.78. The molecule has 0 bridgehead atoms. The minimum atomic E-state index is -0.255. The van der Waals surface area contributed by atoms with E-state index in [9.17, 15) is 4.79 Å². The van der Waals surface area contributed by atoms with Gasteiger partial charge < -0.3 is 9.47 Å². The van der Waals surface area contributed by atoms with Gasteiger partial charge in [-0.15, -0.1) is 0 Å². The molecule has 1 unspecified atom stereocenters. The van der Waals surface area contributed by atoms with Crippen molar-refractivity contribution in [3.05, 3.63) is 58.7 Å². The molecule has 0 amide bonds. The van der Waals surface area contributed by atoms with E-state index < -0.39 is 0 Å². The Bertz CT molecular complexity index is 719. The van der Waals surface area contributed by atoms with Crippen LogP contribution in [0.15, 0.2) is 36.4 Å². The largest absolute Gasteiger partial charge is 0.492 e. The molecule has 114 valence electrons. The van der Waals surface area contributed by atoms with Crippen LogP contribution in [0, 0.1) is 26.7 Å². The highest BCUT2D eigenvalue weighted by atomic mass is 16.5. The first-order chi connectivity index (χ1) is 10.5. The van der Waals surface area contributed by atoms with E-state index in [4.69, 9.17) is 9.47 Å². The van der Waals surface area contributed by atoms with E-state index >= 15 is 0 Å². The standard InChI is InChI=1S/C19H20O3/c1-12-8-13(2)14(3)18(9-12)22-19(20)16-10-15-6-4-5-7-17(15)21-11-16/h4-9,16H,10-11H2,1-3H3. The van der Waals surface area contributed by atoms with Gasteiger partial charge in [0.05, 0.1) is 5.92 Å². The van der Waals surface area contributed by atoms with E-state index in [-0.39, 0.29) is 11.9 Å².